The van der Waals surface area contributed by atoms with Gasteiger partial charge in [-0.25, -0.2) is 9.79 Å². The number of carbonyl (C=O) groups is 1. The predicted octanol–water partition coefficient (Wildman–Crippen LogP) is 0.784. The van der Waals surface area contributed by atoms with Crippen LogP contribution in [0.15, 0.2) is 17.3 Å². The summed E-state index contributed by atoms with van der Waals surface area (Å²) < 4.78 is 4.35. The van der Waals surface area contributed by atoms with Crippen molar-refractivity contribution in [3.8, 4) is 0 Å². The number of methoxy groups -OCH3 is 1. The first kappa shape index (κ1) is 9.55. The molecular weight excluding hydrogens is 144 g/mol. The van der Waals surface area contributed by atoms with Gasteiger partial charge in [-0.3, -0.25) is 0 Å². The minimum absolute atomic E-state index is 0.00870. The molecule has 0 aromatic carbocycles. The predicted molar refractivity (Wildman–Crippen MR) is 43.0 cm³/mol. The molecule has 0 bridgehead atoms. The smallest absolute Gasteiger partial charge is 0.358 e. The van der Waals surface area contributed by atoms with Crippen LogP contribution in [0.1, 0.15) is 6.92 Å². The summed E-state index contributed by atoms with van der Waals surface area (Å²) in [6.07, 6.45) is 3.94. The number of ether oxygens (including phenoxy) is 1. The average molecular weight is 154 g/mol. The summed E-state index contributed by atoms with van der Waals surface area (Å²) in [4.78, 5) is 14.4. The second-order valence-electron chi connectivity index (χ2n) is 1.63. The maximum atomic E-state index is 10.7. The van der Waals surface area contributed by atoms with Crippen LogP contribution in [-0.2, 0) is 9.53 Å². The van der Waals surface area contributed by atoms with Crippen molar-refractivity contribution >= 4 is 17.9 Å². The van der Waals surface area contributed by atoms with Crippen LogP contribution in [0.25, 0.3) is 0 Å². The molecule has 0 fully saturated rings. The van der Waals surface area contributed by atoms with Gasteiger partial charge in [-0.2, -0.15) is 0 Å². The Balaban J connectivity index is 4.38. The second kappa shape index (κ2) is 5.34. The van der Waals surface area contributed by atoms with Gasteiger partial charge in [0.1, 0.15) is 0 Å². The van der Waals surface area contributed by atoms with E-state index in [1.165, 1.54) is 13.3 Å². The lowest BCUT2D eigenvalue weighted by Crippen LogP contribution is -2.16. The Kier molecular flexibility index (Phi) is 4.64. The van der Waals surface area contributed by atoms with E-state index >= 15 is 0 Å². The molecule has 0 radical (unpaired) electrons. The topological polar surface area (TPSA) is 62.5 Å². The number of esters is 1. The van der Waals surface area contributed by atoms with Crippen molar-refractivity contribution in [1.82, 2.24) is 0 Å². The molecule has 0 saturated carbocycles. The van der Waals surface area contributed by atoms with Crippen molar-refractivity contribution in [2.45, 2.75) is 6.92 Å². The first-order valence-corrected chi connectivity index (χ1v) is 3.04. The van der Waals surface area contributed by atoms with Crippen LogP contribution < -0.4 is 0 Å². The van der Waals surface area contributed by atoms with Gasteiger partial charge in [-0.15, -0.1) is 0 Å². The Morgan fingerprint density at radius 3 is 2.64 bits per heavy atom. The monoisotopic (exact) mass is 154 g/mol. The van der Waals surface area contributed by atoms with Crippen molar-refractivity contribution in [2.75, 3.05) is 7.11 Å². The van der Waals surface area contributed by atoms with Gasteiger partial charge in [-0.05, 0) is 6.92 Å². The van der Waals surface area contributed by atoms with Crippen molar-refractivity contribution in [3.63, 3.8) is 0 Å². The third kappa shape index (κ3) is 3.30. The first-order valence-electron chi connectivity index (χ1n) is 3.04. The third-order valence-corrected chi connectivity index (χ3v) is 0.894. The third-order valence-electron chi connectivity index (χ3n) is 0.894. The number of nitrogens with one attached hydrogen (secondary N) is 1. The molecule has 0 heterocycles. The van der Waals surface area contributed by atoms with Gasteiger partial charge >= 0.3 is 5.97 Å². The van der Waals surface area contributed by atoms with Crippen LogP contribution in [0.3, 0.4) is 0 Å². The summed E-state index contributed by atoms with van der Waals surface area (Å²) in [5.74, 6) is -0.599. The molecule has 11 heavy (non-hydrogen) atoms. The standard InChI is InChI=1S/C7H10N2O2/c1-3-4-9-6(5-8)7(10)11-2/h3-5,8H,1-2H3/b4-3-,8-5?,9-6?. The lowest BCUT2D eigenvalue weighted by Gasteiger charge is -1.93. The largest absolute Gasteiger partial charge is 0.464 e. The lowest BCUT2D eigenvalue weighted by atomic mass is 10.4. The first-order chi connectivity index (χ1) is 5.26. The van der Waals surface area contributed by atoms with Crippen LogP contribution >= 0.6 is 0 Å². The number of allylic oxidation sites excluding steroid dienone is 1. The zero-order valence-corrected chi connectivity index (χ0v) is 6.50. The van der Waals surface area contributed by atoms with E-state index < -0.39 is 5.97 Å². The number of carbonyl (C=O) groups excluding carboxylic acids is 1. The van der Waals surface area contributed by atoms with E-state index in [0.29, 0.717) is 0 Å². The van der Waals surface area contributed by atoms with Gasteiger partial charge in [0.05, 0.1) is 13.3 Å². The summed E-state index contributed by atoms with van der Waals surface area (Å²) in [6.45, 7) is 1.77. The molecule has 4 nitrogen and oxygen atoms in total. The van der Waals surface area contributed by atoms with E-state index in [1.807, 2.05) is 0 Å². The average Bonchev–Trinajstić information content (AvgIpc) is 2.05. The molecule has 0 aromatic heterocycles. The summed E-state index contributed by atoms with van der Waals surface area (Å²) in [6, 6.07) is 0. The minimum atomic E-state index is -0.599. The van der Waals surface area contributed by atoms with Crippen LogP contribution in [0.4, 0.5) is 0 Å². The highest BCUT2D eigenvalue weighted by Crippen LogP contribution is 1.82. The Hall–Kier alpha value is -1.45. The Morgan fingerprint density at radius 2 is 2.27 bits per heavy atom. The van der Waals surface area contributed by atoms with E-state index in [4.69, 9.17) is 5.41 Å². The summed E-state index contributed by atoms with van der Waals surface area (Å²) in [7, 11) is 1.25. The van der Waals surface area contributed by atoms with Gasteiger partial charge in [0.25, 0.3) is 0 Å². The van der Waals surface area contributed by atoms with Crippen molar-refractivity contribution in [2.24, 2.45) is 4.99 Å². The SMILES string of the molecule is C/C=C\N=C(C=N)C(=O)OC. The van der Waals surface area contributed by atoms with Gasteiger partial charge in [0.2, 0.25) is 0 Å². The van der Waals surface area contributed by atoms with Gasteiger partial charge in [-0.1, -0.05) is 6.08 Å². The molecule has 0 aromatic rings. The van der Waals surface area contributed by atoms with E-state index in [0.717, 1.165) is 6.21 Å². The molecule has 0 atom stereocenters. The minimum Gasteiger partial charge on any atom is -0.464 e. The number of rotatable bonds is 3. The fourth-order valence-electron chi connectivity index (χ4n) is 0.408. The van der Waals surface area contributed by atoms with Crippen LogP contribution in [0, 0.1) is 5.41 Å². The van der Waals surface area contributed by atoms with E-state index in [1.54, 1.807) is 13.0 Å². The summed E-state index contributed by atoms with van der Waals surface area (Å²) in [5, 5.41) is 6.78. The normalized spacial score (nSPS) is 11.6. The molecule has 0 aliphatic heterocycles. The van der Waals surface area contributed by atoms with Crippen LogP contribution in [-0.4, -0.2) is 25.0 Å². The van der Waals surface area contributed by atoms with Gasteiger partial charge < -0.3 is 10.1 Å². The number of hydrogen-bond donors (Lipinski definition) is 1. The Labute approximate surface area is 65.1 Å². The Bertz CT molecular complexity index is 206. The van der Waals surface area contributed by atoms with Gasteiger partial charge in [0, 0.05) is 6.20 Å². The fourth-order valence-corrected chi connectivity index (χ4v) is 0.408. The number of aliphatic imine (C=N–C) groups is 1. The fraction of sp³-hybridized carbons (Fsp3) is 0.286. The molecule has 0 rings (SSSR count). The molecule has 0 aliphatic carbocycles. The van der Waals surface area contributed by atoms with Crippen LogP contribution in [0.5, 0.6) is 0 Å². The maximum absolute atomic E-state index is 10.7. The van der Waals surface area contributed by atoms with E-state index in [-0.39, 0.29) is 5.71 Å². The summed E-state index contributed by atoms with van der Waals surface area (Å²) in [5.41, 5.74) is -0.00870. The molecule has 4 heteroatoms. The zero-order valence-electron chi connectivity index (χ0n) is 6.50. The molecule has 0 saturated heterocycles. The highest BCUT2D eigenvalue weighted by atomic mass is 16.5. The van der Waals surface area contributed by atoms with Crippen molar-refractivity contribution in [3.05, 3.63) is 12.3 Å². The molecule has 0 amide bonds. The molecule has 0 aliphatic rings. The summed E-state index contributed by atoms with van der Waals surface area (Å²) >= 11 is 0. The molecule has 1 N–H and O–H groups in total. The molecule has 60 valence electrons. The Morgan fingerprint density at radius 1 is 1.64 bits per heavy atom. The zero-order chi connectivity index (χ0) is 8.69. The van der Waals surface area contributed by atoms with E-state index in [9.17, 15) is 4.79 Å². The number of hydrogen-bond acceptors (Lipinski definition) is 4. The highest BCUT2D eigenvalue weighted by molar-refractivity contribution is 6.58. The number of nitrogens with zero attached hydrogens (tertiary/aromatic N) is 1. The quantitative estimate of drug-likeness (QED) is 0.482. The molecular formula is C7H10N2O2. The van der Waals surface area contributed by atoms with Crippen molar-refractivity contribution < 1.29 is 9.53 Å². The second-order valence-corrected chi connectivity index (χ2v) is 1.63. The molecule has 0 spiro atoms. The highest BCUT2D eigenvalue weighted by Gasteiger charge is 2.05. The lowest BCUT2D eigenvalue weighted by molar-refractivity contribution is -0.132. The van der Waals surface area contributed by atoms with Crippen LogP contribution in [0.2, 0.25) is 0 Å². The van der Waals surface area contributed by atoms with Crippen molar-refractivity contribution in [1.29, 1.82) is 5.41 Å². The molecule has 0 unspecified atom stereocenters. The van der Waals surface area contributed by atoms with Gasteiger partial charge in [0.15, 0.2) is 5.71 Å². The van der Waals surface area contributed by atoms with E-state index in [2.05, 4.69) is 9.73 Å². The maximum Gasteiger partial charge on any atom is 0.358 e.